The molecular weight excluding hydrogens is 176 g/mol. The van der Waals surface area contributed by atoms with Crippen LogP contribution in [0, 0.1) is 0 Å². The molecule has 1 aromatic carbocycles. The van der Waals surface area contributed by atoms with Gasteiger partial charge in [0.05, 0.1) is 13.2 Å². The highest BCUT2D eigenvalue weighted by Gasteiger charge is 2.16. The van der Waals surface area contributed by atoms with E-state index in [0.29, 0.717) is 0 Å². The summed E-state index contributed by atoms with van der Waals surface area (Å²) in [6.45, 7) is 3.81. The van der Waals surface area contributed by atoms with Crippen LogP contribution in [0.25, 0.3) is 0 Å². The van der Waals surface area contributed by atoms with Crippen LogP contribution in [-0.2, 0) is 17.8 Å². The molecule has 1 unspecified atom stereocenters. The third-order valence-electron chi connectivity index (χ3n) is 2.87. The molecule has 2 nitrogen and oxygen atoms in total. The summed E-state index contributed by atoms with van der Waals surface area (Å²) in [6, 6.07) is 6.28. The summed E-state index contributed by atoms with van der Waals surface area (Å²) in [4.78, 5) is 0. The SMILES string of the molecule is CC(CO)c1cccc2c1CCOC2. The smallest absolute Gasteiger partial charge is 0.0719 e. The maximum Gasteiger partial charge on any atom is 0.0719 e. The average molecular weight is 192 g/mol. The summed E-state index contributed by atoms with van der Waals surface area (Å²) >= 11 is 0. The molecular formula is C12H16O2. The van der Waals surface area contributed by atoms with E-state index in [4.69, 9.17) is 9.84 Å². The van der Waals surface area contributed by atoms with Crippen molar-refractivity contribution in [1.29, 1.82) is 0 Å². The van der Waals surface area contributed by atoms with Crippen LogP contribution in [0.5, 0.6) is 0 Å². The van der Waals surface area contributed by atoms with E-state index in [2.05, 4.69) is 25.1 Å². The van der Waals surface area contributed by atoms with Crippen molar-refractivity contribution >= 4 is 0 Å². The van der Waals surface area contributed by atoms with Gasteiger partial charge in [-0.3, -0.25) is 0 Å². The van der Waals surface area contributed by atoms with E-state index >= 15 is 0 Å². The molecule has 1 atom stereocenters. The minimum Gasteiger partial charge on any atom is -0.396 e. The van der Waals surface area contributed by atoms with Crippen LogP contribution in [0.2, 0.25) is 0 Å². The molecule has 0 radical (unpaired) electrons. The molecule has 76 valence electrons. The third-order valence-corrected chi connectivity index (χ3v) is 2.87. The van der Waals surface area contributed by atoms with Gasteiger partial charge in [0.1, 0.15) is 0 Å². The number of hydrogen-bond donors (Lipinski definition) is 1. The monoisotopic (exact) mass is 192 g/mol. The Kier molecular flexibility index (Phi) is 2.85. The van der Waals surface area contributed by atoms with Crippen molar-refractivity contribution in [3.8, 4) is 0 Å². The lowest BCUT2D eigenvalue weighted by Gasteiger charge is -2.22. The second-order valence-corrected chi connectivity index (χ2v) is 3.87. The van der Waals surface area contributed by atoms with Gasteiger partial charge >= 0.3 is 0 Å². The zero-order valence-corrected chi connectivity index (χ0v) is 8.49. The Morgan fingerprint density at radius 2 is 2.36 bits per heavy atom. The first-order valence-corrected chi connectivity index (χ1v) is 5.12. The number of aliphatic hydroxyl groups excluding tert-OH is 1. The van der Waals surface area contributed by atoms with E-state index in [-0.39, 0.29) is 12.5 Å². The van der Waals surface area contributed by atoms with E-state index in [1.807, 2.05) is 0 Å². The van der Waals surface area contributed by atoms with Crippen LogP contribution in [0.4, 0.5) is 0 Å². The molecule has 2 heteroatoms. The number of hydrogen-bond acceptors (Lipinski definition) is 2. The summed E-state index contributed by atoms with van der Waals surface area (Å²) in [5.74, 6) is 0.239. The summed E-state index contributed by atoms with van der Waals surface area (Å²) in [5, 5.41) is 9.16. The van der Waals surface area contributed by atoms with Gasteiger partial charge in [0.15, 0.2) is 0 Å². The van der Waals surface area contributed by atoms with E-state index in [1.54, 1.807) is 0 Å². The van der Waals surface area contributed by atoms with Crippen LogP contribution in [0.1, 0.15) is 29.5 Å². The quantitative estimate of drug-likeness (QED) is 0.775. The Labute approximate surface area is 84.5 Å². The van der Waals surface area contributed by atoms with E-state index in [1.165, 1.54) is 16.7 Å². The minimum absolute atomic E-state index is 0.220. The number of fused-ring (bicyclic) bond motifs is 1. The second kappa shape index (κ2) is 4.11. The number of benzene rings is 1. The molecule has 1 heterocycles. The topological polar surface area (TPSA) is 29.5 Å². The molecule has 1 aromatic rings. The lowest BCUT2D eigenvalue weighted by Crippen LogP contribution is -2.14. The average Bonchev–Trinajstić information content (AvgIpc) is 2.27. The van der Waals surface area contributed by atoms with Gasteiger partial charge in [0, 0.05) is 12.5 Å². The lowest BCUT2D eigenvalue weighted by molar-refractivity contribution is 0.110. The number of rotatable bonds is 2. The summed E-state index contributed by atoms with van der Waals surface area (Å²) < 4.78 is 5.40. The zero-order valence-electron chi connectivity index (χ0n) is 8.49. The van der Waals surface area contributed by atoms with Crippen molar-refractivity contribution in [2.75, 3.05) is 13.2 Å². The highest BCUT2D eigenvalue weighted by Crippen LogP contribution is 2.26. The van der Waals surface area contributed by atoms with Crippen molar-refractivity contribution in [3.05, 3.63) is 34.9 Å². The third kappa shape index (κ3) is 1.68. The maximum atomic E-state index is 9.16. The number of aliphatic hydroxyl groups is 1. The fourth-order valence-corrected chi connectivity index (χ4v) is 2.01. The standard InChI is InChI=1S/C12H16O2/c1-9(7-13)11-4-2-3-10-8-14-6-5-12(10)11/h2-4,9,13H,5-8H2,1H3. The second-order valence-electron chi connectivity index (χ2n) is 3.87. The Morgan fingerprint density at radius 1 is 1.50 bits per heavy atom. The molecule has 0 fully saturated rings. The molecule has 0 aliphatic carbocycles. The molecule has 1 aliphatic rings. The Balaban J connectivity index is 2.39. The van der Waals surface area contributed by atoms with Gasteiger partial charge in [-0.2, -0.15) is 0 Å². The molecule has 14 heavy (non-hydrogen) atoms. The fraction of sp³-hybridized carbons (Fsp3) is 0.500. The molecule has 0 bridgehead atoms. The predicted molar refractivity (Wildman–Crippen MR) is 55.3 cm³/mol. The summed E-state index contributed by atoms with van der Waals surface area (Å²) in [6.07, 6.45) is 0.982. The molecule has 1 aliphatic heterocycles. The highest BCUT2D eigenvalue weighted by atomic mass is 16.5. The molecule has 0 aromatic heterocycles. The normalized spacial score (nSPS) is 17.6. The van der Waals surface area contributed by atoms with E-state index < -0.39 is 0 Å². The van der Waals surface area contributed by atoms with Crippen molar-refractivity contribution in [3.63, 3.8) is 0 Å². The van der Waals surface area contributed by atoms with Crippen molar-refractivity contribution in [2.45, 2.75) is 25.9 Å². The number of ether oxygens (including phenoxy) is 1. The van der Waals surface area contributed by atoms with E-state index in [0.717, 1.165) is 19.6 Å². The van der Waals surface area contributed by atoms with Gasteiger partial charge in [-0.05, 0) is 23.1 Å². The predicted octanol–water partition coefficient (Wildman–Crippen LogP) is 1.86. The minimum atomic E-state index is 0.220. The van der Waals surface area contributed by atoms with Gasteiger partial charge in [-0.1, -0.05) is 25.1 Å². The summed E-state index contributed by atoms with van der Waals surface area (Å²) in [7, 11) is 0. The lowest BCUT2D eigenvalue weighted by atomic mass is 9.90. The first kappa shape index (κ1) is 9.69. The highest BCUT2D eigenvalue weighted by molar-refractivity contribution is 5.38. The van der Waals surface area contributed by atoms with Crippen LogP contribution in [0.15, 0.2) is 18.2 Å². The van der Waals surface area contributed by atoms with Crippen molar-refractivity contribution < 1.29 is 9.84 Å². The first-order chi connectivity index (χ1) is 6.83. The summed E-state index contributed by atoms with van der Waals surface area (Å²) in [5.41, 5.74) is 3.96. The van der Waals surface area contributed by atoms with Crippen LogP contribution in [-0.4, -0.2) is 18.3 Å². The van der Waals surface area contributed by atoms with Gasteiger partial charge in [0.25, 0.3) is 0 Å². The molecule has 1 N–H and O–H groups in total. The first-order valence-electron chi connectivity index (χ1n) is 5.12. The Morgan fingerprint density at radius 3 is 3.14 bits per heavy atom. The van der Waals surface area contributed by atoms with E-state index in [9.17, 15) is 0 Å². The van der Waals surface area contributed by atoms with Gasteiger partial charge < -0.3 is 9.84 Å². The molecule has 0 saturated heterocycles. The van der Waals surface area contributed by atoms with Crippen molar-refractivity contribution in [1.82, 2.24) is 0 Å². The molecule has 0 amide bonds. The van der Waals surface area contributed by atoms with Crippen LogP contribution >= 0.6 is 0 Å². The van der Waals surface area contributed by atoms with Gasteiger partial charge in [-0.25, -0.2) is 0 Å². The zero-order chi connectivity index (χ0) is 9.97. The van der Waals surface area contributed by atoms with Gasteiger partial charge in [0.2, 0.25) is 0 Å². The van der Waals surface area contributed by atoms with Crippen LogP contribution in [0.3, 0.4) is 0 Å². The largest absolute Gasteiger partial charge is 0.396 e. The van der Waals surface area contributed by atoms with Gasteiger partial charge in [-0.15, -0.1) is 0 Å². The molecule has 0 saturated carbocycles. The van der Waals surface area contributed by atoms with Crippen LogP contribution < -0.4 is 0 Å². The maximum absolute atomic E-state index is 9.16. The Bertz CT molecular complexity index is 320. The fourth-order valence-electron chi connectivity index (χ4n) is 2.01. The molecule has 2 rings (SSSR count). The molecule has 0 spiro atoms. The van der Waals surface area contributed by atoms with Crippen molar-refractivity contribution in [2.24, 2.45) is 0 Å². The Hall–Kier alpha value is -0.860.